The molecule has 0 spiro atoms. The Balaban J connectivity index is 1.90. The highest BCUT2D eigenvalue weighted by Crippen LogP contribution is 2.36. The number of carbonyl (C=O) groups is 2. The van der Waals surface area contributed by atoms with Gasteiger partial charge in [0.2, 0.25) is 0 Å². The van der Waals surface area contributed by atoms with Gasteiger partial charge in [-0.1, -0.05) is 37.3 Å². The topological polar surface area (TPSA) is 70.5 Å². The molecule has 2 atom stereocenters. The second-order valence-electron chi connectivity index (χ2n) is 5.67. The lowest BCUT2D eigenvalue weighted by atomic mass is 10.0. The van der Waals surface area contributed by atoms with Crippen LogP contribution in [0.15, 0.2) is 48.7 Å². The minimum absolute atomic E-state index is 0.00315. The molecule has 1 aliphatic heterocycles. The standard InChI is InChI=1S/C18H18N2O3S/c1-12-16(13-5-3-2-4-6-13)20(9-10-24-12)17(21)14-7-8-15(18(22)23)19-11-14/h2-8,11-12,16H,9-10H2,1H3,(H,22,23). The fourth-order valence-electron chi connectivity index (χ4n) is 2.96. The van der Waals surface area contributed by atoms with Crippen molar-refractivity contribution in [1.82, 2.24) is 9.88 Å². The van der Waals surface area contributed by atoms with Crippen molar-refractivity contribution in [2.45, 2.75) is 18.2 Å². The molecular formula is C18H18N2O3S. The lowest BCUT2D eigenvalue weighted by molar-refractivity contribution is 0.0669. The van der Waals surface area contributed by atoms with Crippen LogP contribution in [0.25, 0.3) is 0 Å². The van der Waals surface area contributed by atoms with Gasteiger partial charge >= 0.3 is 5.97 Å². The van der Waals surface area contributed by atoms with Gasteiger partial charge in [-0.25, -0.2) is 9.78 Å². The van der Waals surface area contributed by atoms with Crippen molar-refractivity contribution in [2.24, 2.45) is 0 Å². The molecule has 0 bridgehead atoms. The molecule has 1 N–H and O–H groups in total. The summed E-state index contributed by atoms with van der Waals surface area (Å²) in [5.74, 6) is -0.323. The Labute approximate surface area is 144 Å². The van der Waals surface area contributed by atoms with Gasteiger partial charge in [0.1, 0.15) is 5.69 Å². The third-order valence-corrected chi connectivity index (χ3v) is 5.33. The van der Waals surface area contributed by atoms with Crippen molar-refractivity contribution in [2.75, 3.05) is 12.3 Å². The largest absolute Gasteiger partial charge is 0.477 e. The van der Waals surface area contributed by atoms with Crippen LogP contribution in [-0.4, -0.2) is 44.4 Å². The Morgan fingerprint density at radius 3 is 2.58 bits per heavy atom. The van der Waals surface area contributed by atoms with Gasteiger partial charge < -0.3 is 10.0 Å². The minimum atomic E-state index is -1.10. The molecule has 124 valence electrons. The Hall–Kier alpha value is -2.34. The van der Waals surface area contributed by atoms with Gasteiger partial charge in [0.05, 0.1) is 11.6 Å². The highest BCUT2D eigenvalue weighted by molar-refractivity contribution is 8.00. The molecule has 6 heteroatoms. The third kappa shape index (κ3) is 3.28. The summed E-state index contributed by atoms with van der Waals surface area (Å²) in [5, 5.41) is 9.22. The number of hydrogen-bond donors (Lipinski definition) is 1. The van der Waals surface area contributed by atoms with E-state index in [1.54, 1.807) is 0 Å². The number of aromatic nitrogens is 1. The minimum Gasteiger partial charge on any atom is -0.477 e. The van der Waals surface area contributed by atoms with Crippen LogP contribution in [0.2, 0.25) is 0 Å². The van der Waals surface area contributed by atoms with Crippen LogP contribution >= 0.6 is 11.8 Å². The summed E-state index contributed by atoms with van der Waals surface area (Å²) in [5.41, 5.74) is 1.47. The zero-order valence-electron chi connectivity index (χ0n) is 13.3. The van der Waals surface area contributed by atoms with E-state index in [0.29, 0.717) is 12.1 Å². The summed E-state index contributed by atoms with van der Waals surface area (Å²) < 4.78 is 0. The van der Waals surface area contributed by atoms with Crippen LogP contribution in [0.4, 0.5) is 0 Å². The first kappa shape index (κ1) is 16.5. The van der Waals surface area contributed by atoms with Gasteiger partial charge in [-0.15, -0.1) is 0 Å². The maximum absolute atomic E-state index is 12.9. The molecule has 0 radical (unpaired) electrons. The number of carboxylic acid groups (broad SMARTS) is 1. The Morgan fingerprint density at radius 2 is 1.96 bits per heavy atom. The van der Waals surface area contributed by atoms with Gasteiger partial charge in [-0.3, -0.25) is 4.79 Å². The average molecular weight is 342 g/mol. The van der Waals surface area contributed by atoms with E-state index in [1.165, 1.54) is 18.3 Å². The van der Waals surface area contributed by atoms with E-state index in [9.17, 15) is 9.59 Å². The third-order valence-electron chi connectivity index (χ3n) is 4.12. The zero-order valence-corrected chi connectivity index (χ0v) is 14.1. The number of hydrogen-bond acceptors (Lipinski definition) is 4. The number of aromatic carboxylic acids is 1. The zero-order chi connectivity index (χ0) is 17.1. The summed E-state index contributed by atoms with van der Waals surface area (Å²) in [7, 11) is 0. The number of benzene rings is 1. The molecule has 2 aromatic rings. The summed E-state index contributed by atoms with van der Waals surface area (Å²) >= 11 is 1.86. The Morgan fingerprint density at radius 1 is 1.21 bits per heavy atom. The monoisotopic (exact) mass is 342 g/mol. The molecule has 2 heterocycles. The predicted molar refractivity (Wildman–Crippen MR) is 93.3 cm³/mol. The van der Waals surface area contributed by atoms with Crippen LogP contribution in [0, 0.1) is 0 Å². The van der Waals surface area contributed by atoms with Gasteiger partial charge in [-0.05, 0) is 17.7 Å². The normalized spacial score (nSPS) is 20.6. The van der Waals surface area contributed by atoms with E-state index in [4.69, 9.17) is 5.11 Å². The molecule has 2 unspecified atom stereocenters. The first-order valence-electron chi connectivity index (χ1n) is 7.75. The van der Waals surface area contributed by atoms with Crippen LogP contribution < -0.4 is 0 Å². The summed E-state index contributed by atoms with van der Waals surface area (Å²) in [4.78, 5) is 29.6. The van der Waals surface area contributed by atoms with Crippen molar-refractivity contribution < 1.29 is 14.7 Å². The van der Waals surface area contributed by atoms with Crippen LogP contribution in [0.1, 0.15) is 39.4 Å². The van der Waals surface area contributed by atoms with Crippen LogP contribution in [0.5, 0.6) is 0 Å². The van der Waals surface area contributed by atoms with E-state index in [0.717, 1.165) is 11.3 Å². The number of carbonyl (C=O) groups excluding carboxylic acids is 1. The molecular weight excluding hydrogens is 324 g/mol. The Kier molecular flexibility index (Phi) is 4.85. The number of pyridine rings is 1. The summed E-state index contributed by atoms with van der Waals surface area (Å²) in [6.07, 6.45) is 1.35. The SMILES string of the molecule is CC1SCCN(C(=O)c2ccc(C(=O)O)nc2)C1c1ccccc1. The second kappa shape index (κ2) is 7.05. The quantitative estimate of drug-likeness (QED) is 0.928. The van der Waals surface area contributed by atoms with Crippen LogP contribution in [-0.2, 0) is 0 Å². The fourth-order valence-corrected chi connectivity index (χ4v) is 4.12. The number of carboxylic acids is 1. The average Bonchev–Trinajstić information content (AvgIpc) is 2.61. The highest BCUT2D eigenvalue weighted by Gasteiger charge is 2.34. The molecule has 1 amide bonds. The van der Waals surface area contributed by atoms with Crippen molar-refractivity contribution in [3.05, 3.63) is 65.5 Å². The molecule has 0 saturated carbocycles. The molecule has 1 aromatic heterocycles. The van der Waals surface area contributed by atoms with Crippen molar-refractivity contribution in [3.63, 3.8) is 0 Å². The first-order chi connectivity index (χ1) is 11.6. The maximum atomic E-state index is 12.9. The van der Waals surface area contributed by atoms with E-state index in [1.807, 2.05) is 47.0 Å². The van der Waals surface area contributed by atoms with E-state index in [2.05, 4.69) is 11.9 Å². The number of amides is 1. The van der Waals surface area contributed by atoms with Crippen molar-refractivity contribution in [3.8, 4) is 0 Å². The van der Waals surface area contributed by atoms with E-state index >= 15 is 0 Å². The second-order valence-corrected chi connectivity index (χ2v) is 7.15. The van der Waals surface area contributed by atoms with Gasteiger partial charge in [-0.2, -0.15) is 11.8 Å². The molecule has 1 fully saturated rings. The molecule has 5 nitrogen and oxygen atoms in total. The van der Waals surface area contributed by atoms with E-state index in [-0.39, 0.29) is 22.9 Å². The predicted octanol–water partition coefficient (Wildman–Crippen LogP) is 3.10. The molecule has 1 aliphatic rings. The smallest absolute Gasteiger partial charge is 0.354 e. The lowest BCUT2D eigenvalue weighted by Gasteiger charge is -2.40. The number of rotatable bonds is 3. The summed E-state index contributed by atoms with van der Waals surface area (Å²) in [6, 6.07) is 12.9. The van der Waals surface area contributed by atoms with E-state index < -0.39 is 5.97 Å². The molecule has 1 aromatic carbocycles. The molecule has 3 rings (SSSR count). The molecule has 1 saturated heterocycles. The van der Waals surface area contributed by atoms with Crippen molar-refractivity contribution in [1.29, 1.82) is 0 Å². The fraction of sp³-hybridized carbons (Fsp3) is 0.278. The van der Waals surface area contributed by atoms with Gasteiger partial charge in [0.15, 0.2) is 0 Å². The number of nitrogens with zero attached hydrogens (tertiary/aromatic N) is 2. The van der Waals surface area contributed by atoms with Gasteiger partial charge in [0.25, 0.3) is 5.91 Å². The highest BCUT2D eigenvalue weighted by atomic mass is 32.2. The molecule has 0 aliphatic carbocycles. The first-order valence-corrected chi connectivity index (χ1v) is 8.79. The van der Waals surface area contributed by atoms with Crippen molar-refractivity contribution >= 4 is 23.6 Å². The maximum Gasteiger partial charge on any atom is 0.354 e. The number of thioether (sulfide) groups is 1. The summed E-state index contributed by atoms with van der Waals surface area (Å²) in [6.45, 7) is 2.79. The molecule has 24 heavy (non-hydrogen) atoms. The Bertz CT molecular complexity index is 734. The lowest BCUT2D eigenvalue weighted by Crippen LogP contribution is -2.44. The van der Waals surface area contributed by atoms with Crippen LogP contribution in [0.3, 0.4) is 0 Å². The van der Waals surface area contributed by atoms with Gasteiger partial charge in [0, 0.05) is 23.7 Å².